The molecule has 0 bridgehead atoms. The number of carbonyl (C=O) groups is 2. The minimum Gasteiger partial charge on any atom is -0.364 e. The Hall–Kier alpha value is -3.63. The third-order valence-electron chi connectivity index (χ3n) is 4.86. The first-order valence-corrected chi connectivity index (χ1v) is 11.1. The normalized spacial score (nSPS) is 11.0. The molecule has 2 amide bonds. The maximum atomic E-state index is 13.0. The third-order valence-corrected chi connectivity index (χ3v) is 5.76. The summed E-state index contributed by atoms with van der Waals surface area (Å²) in [6.45, 7) is 2.49. The van der Waals surface area contributed by atoms with Gasteiger partial charge in [-0.15, -0.1) is 10.2 Å². The molecule has 2 aromatic heterocycles. The second kappa shape index (κ2) is 10.3. The molecule has 4 aromatic rings. The van der Waals surface area contributed by atoms with Crippen molar-refractivity contribution in [3.8, 4) is 0 Å². The monoisotopic (exact) mass is 467 g/mol. The van der Waals surface area contributed by atoms with Crippen LogP contribution < -0.4 is 10.6 Å². The number of anilines is 1. The maximum Gasteiger partial charge on any atom is 0.286 e. The Morgan fingerprint density at radius 1 is 1.15 bits per heavy atom. The number of aryl methyl sites for hydroxylation is 1. The Balaban J connectivity index is 1.18. The van der Waals surface area contributed by atoms with Crippen molar-refractivity contribution in [3.63, 3.8) is 0 Å². The van der Waals surface area contributed by atoms with Crippen molar-refractivity contribution in [2.75, 3.05) is 18.5 Å². The number of aromatic nitrogens is 3. The molecule has 0 aliphatic carbocycles. The van der Waals surface area contributed by atoms with E-state index in [1.807, 2.05) is 19.2 Å². The summed E-state index contributed by atoms with van der Waals surface area (Å²) in [5, 5.41) is 15.0. The highest BCUT2D eigenvalue weighted by atomic mass is 32.1. The van der Waals surface area contributed by atoms with Gasteiger partial charge in [0.1, 0.15) is 24.0 Å². The van der Waals surface area contributed by atoms with Crippen molar-refractivity contribution >= 4 is 39.7 Å². The van der Waals surface area contributed by atoms with Gasteiger partial charge in [0.2, 0.25) is 10.9 Å². The molecule has 0 aliphatic heterocycles. The summed E-state index contributed by atoms with van der Waals surface area (Å²) in [5.74, 6) is -1.07. The number of halogens is 1. The molecule has 0 saturated carbocycles. The number of hydrogen-bond acceptors (Lipinski definition) is 6. The minimum atomic E-state index is -0.449. The van der Waals surface area contributed by atoms with Crippen LogP contribution in [0.5, 0.6) is 0 Å². The molecule has 10 heteroatoms. The number of H-pyrrole nitrogens is 1. The molecule has 0 atom stereocenters. The molecule has 33 heavy (non-hydrogen) atoms. The second-order valence-corrected chi connectivity index (χ2v) is 8.48. The van der Waals surface area contributed by atoms with E-state index < -0.39 is 5.91 Å². The average Bonchev–Trinajstić information content (AvgIpc) is 3.43. The highest BCUT2D eigenvalue weighted by molar-refractivity contribution is 7.13. The molecule has 4 rings (SSSR count). The van der Waals surface area contributed by atoms with Crippen LogP contribution in [0, 0.1) is 12.7 Å². The number of fused-ring (bicyclic) bond motifs is 1. The topological polar surface area (TPSA) is 109 Å². The van der Waals surface area contributed by atoms with Crippen LogP contribution in [0.1, 0.15) is 25.9 Å². The molecule has 0 aliphatic rings. The maximum absolute atomic E-state index is 13.0. The van der Waals surface area contributed by atoms with Gasteiger partial charge in [0, 0.05) is 29.3 Å². The summed E-state index contributed by atoms with van der Waals surface area (Å²) in [5.41, 5.74) is 3.87. The van der Waals surface area contributed by atoms with Crippen molar-refractivity contribution in [3.05, 3.63) is 75.6 Å². The zero-order valence-corrected chi connectivity index (χ0v) is 18.7. The number of benzene rings is 2. The molecule has 0 saturated heterocycles. The van der Waals surface area contributed by atoms with Gasteiger partial charge in [0.15, 0.2) is 0 Å². The number of hydrogen-bond donors (Lipinski definition) is 3. The number of nitrogens with zero attached hydrogens (tertiary/aromatic N) is 2. The van der Waals surface area contributed by atoms with Gasteiger partial charge in [-0.25, -0.2) is 4.39 Å². The van der Waals surface area contributed by atoms with E-state index in [4.69, 9.17) is 4.74 Å². The number of ether oxygens (including phenoxy) is 1. The lowest BCUT2D eigenvalue weighted by Crippen LogP contribution is -2.29. The molecular formula is C23H22FN5O3S. The lowest BCUT2D eigenvalue weighted by molar-refractivity contribution is -0.126. The Bertz CT molecular complexity index is 1270. The molecule has 2 heterocycles. The molecule has 0 radical (unpaired) electrons. The van der Waals surface area contributed by atoms with Gasteiger partial charge < -0.3 is 20.4 Å². The molecule has 0 unspecified atom stereocenters. The van der Waals surface area contributed by atoms with Gasteiger partial charge in [0.25, 0.3) is 5.91 Å². The molecule has 8 nitrogen and oxygen atoms in total. The fourth-order valence-electron chi connectivity index (χ4n) is 3.24. The second-order valence-electron chi connectivity index (χ2n) is 7.42. The van der Waals surface area contributed by atoms with E-state index in [9.17, 15) is 14.0 Å². The van der Waals surface area contributed by atoms with Crippen molar-refractivity contribution < 1.29 is 18.7 Å². The third kappa shape index (κ3) is 5.99. The summed E-state index contributed by atoms with van der Waals surface area (Å²) in [7, 11) is 0. The Morgan fingerprint density at radius 2 is 1.97 bits per heavy atom. The minimum absolute atomic E-state index is 0.0661. The first-order chi connectivity index (χ1) is 16.0. The van der Waals surface area contributed by atoms with Crippen LogP contribution >= 0.6 is 11.3 Å². The molecule has 0 fully saturated rings. The number of nitrogens with one attached hydrogen (secondary N) is 3. The highest BCUT2D eigenvalue weighted by Crippen LogP contribution is 2.20. The smallest absolute Gasteiger partial charge is 0.286 e. The fourth-order valence-corrected chi connectivity index (χ4v) is 3.91. The Labute approximate surface area is 193 Å². The van der Waals surface area contributed by atoms with Gasteiger partial charge in [-0.05, 0) is 55.3 Å². The van der Waals surface area contributed by atoms with E-state index in [1.165, 1.54) is 29.8 Å². The SMILES string of the molecule is Cc1ccc2[nH]cc(CCNC(=O)COCc3nnc(C(=O)Nc4ccc(F)cc4)s3)c2c1. The Kier molecular flexibility index (Phi) is 7.06. The molecule has 170 valence electrons. The van der Waals surface area contributed by atoms with Gasteiger partial charge in [0.05, 0.1) is 0 Å². The number of aromatic amines is 1. The van der Waals surface area contributed by atoms with Crippen molar-refractivity contribution in [2.24, 2.45) is 0 Å². The predicted molar refractivity (Wildman–Crippen MR) is 124 cm³/mol. The lowest BCUT2D eigenvalue weighted by atomic mass is 10.1. The van der Waals surface area contributed by atoms with Gasteiger partial charge in [-0.1, -0.05) is 23.0 Å². The molecule has 2 aromatic carbocycles. The number of amides is 2. The standard InChI is InChI=1S/C23H22FN5O3S/c1-14-2-7-19-18(10-14)15(11-26-19)8-9-25-20(30)12-32-13-21-28-29-23(33-21)22(31)27-17-5-3-16(24)4-6-17/h2-7,10-11,26H,8-9,12-13H2,1H3,(H,25,30)(H,27,31). The average molecular weight is 468 g/mol. The summed E-state index contributed by atoms with van der Waals surface area (Å²) < 4.78 is 18.3. The van der Waals surface area contributed by atoms with Crippen LogP contribution in [-0.4, -0.2) is 40.1 Å². The van der Waals surface area contributed by atoms with Crippen molar-refractivity contribution in [2.45, 2.75) is 20.0 Å². The molecular weight excluding hydrogens is 445 g/mol. The lowest BCUT2D eigenvalue weighted by Gasteiger charge is -2.05. The van der Waals surface area contributed by atoms with Crippen LogP contribution in [0.4, 0.5) is 10.1 Å². The summed E-state index contributed by atoms with van der Waals surface area (Å²) >= 11 is 1.06. The van der Waals surface area contributed by atoms with E-state index in [1.54, 1.807) is 0 Å². The van der Waals surface area contributed by atoms with E-state index in [-0.39, 0.29) is 29.9 Å². The van der Waals surface area contributed by atoms with Crippen LogP contribution in [0.25, 0.3) is 10.9 Å². The van der Waals surface area contributed by atoms with Crippen molar-refractivity contribution in [1.29, 1.82) is 0 Å². The predicted octanol–water partition coefficient (Wildman–Crippen LogP) is 3.59. The van der Waals surface area contributed by atoms with Gasteiger partial charge >= 0.3 is 0 Å². The van der Waals surface area contributed by atoms with E-state index in [0.717, 1.165) is 27.8 Å². The first-order valence-electron chi connectivity index (χ1n) is 10.3. The zero-order chi connectivity index (χ0) is 23.2. The van der Waals surface area contributed by atoms with Gasteiger partial charge in [-0.2, -0.15) is 0 Å². The number of carbonyl (C=O) groups excluding carboxylic acids is 2. The first kappa shape index (κ1) is 22.6. The quantitative estimate of drug-likeness (QED) is 0.349. The van der Waals surface area contributed by atoms with Gasteiger partial charge in [-0.3, -0.25) is 9.59 Å². The zero-order valence-electron chi connectivity index (χ0n) is 17.9. The molecule has 3 N–H and O–H groups in total. The van der Waals surface area contributed by atoms with Crippen LogP contribution in [0.3, 0.4) is 0 Å². The van der Waals surface area contributed by atoms with E-state index in [2.05, 4.69) is 37.9 Å². The molecule has 0 spiro atoms. The fraction of sp³-hybridized carbons (Fsp3) is 0.217. The van der Waals surface area contributed by atoms with Crippen molar-refractivity contribution in [1.82, 2.24) is 20.5 Å². The van der Waals surface area contributed by atoms with E-state index >= 15 is 0 Å². The highest BCUT2D eigenvalue weighted by Gasteiger charge is 2.14. The van der Waals surface area contributed by atoms with Crippen LogP contribution in [-0.2, 0) is 22.6 Å². The summed E-state index contributed by atoms with van der Waals surface area (Å²) in [4.78, 5) is 27.5. The Morgan fingerprint density at radius 3 is 2.79 bits per heavy atom. The largest absolute Gasteiger partial charge is 0.364 e. The van der Waals surface area contributed by atoms with Crippen LogP contribution in [0.15, 0.2) is 48.7 Å². The number of rotatable bonds is 9. The summed E-state index contributed by atoms with van der Waals surface area (Å²) in [6, 6.07) is 11.6. The van der Waals surface area contributed by atoms with Crippen LogP contribution in [0.2, 0.25) is 0 Å². The summed E-state index contributed by atoms with van der Waals surface area (Å²) in [6.07, 6.45) is 2.67. The van der Waals surface area contributed by atoms with E-state index in [0.29, 0.717) is 23.7 Å².